The molecule has 1 fully saturated rings. The number of aromatic nitrogens is 4. The van der Waals surface area contributed by atoms with E-state index in [2.05, 4.69) is 24.0 Å². The van der Waals surface area contributed by atoms with E-state index in [1.165, 1.54) is 5.56 Å². The highest BCUT2D eigenvalue weighted by molar-refractivity contribution is 5.94. The van der Waals surface area contributed by atoms with Gasteiger partial charge in [-0.3, -0.25) is 4.79 Å². The van der Waals surface area contributed by atoms with E-state index in [4.69, 9.17) is 24.5 Å². The minimum Gasteiger partial charge on any atom is -0.497 e. The first-order valence-electron chi connectivity index (χ1n) is 12.5. The molecule has 0 N–H and O–H groups in total. The maximum Gasteiger partial charge on any atom is 0.253 e. The lowest BCUT2D eigenvalue weighted by Gasteiger charge is -2.24. The Morgan fingerprint density at radius 2 is 1.68 bits per heavy atom. The Kier molecular flexibility index (Phi) is 7.05. The van der Waals surface area contributed by atoms with Crippen molar-refractivity contribution in [2.45, 2.75) is 26.9 Å². The minimum atomic E-state index is 0.0285. The second-order valence-electron chi connectivity index (χ2n) is 9.29. The van der Waals surface area contributed by atoms with Crippen molar-refractivity contribution in [3.63, 3.8) is 0 Å². The Morgan fingerprint density at radius 3 is 2.38 bits per heavy atom. The lowest BCUT2D eigenvalue weighted by atomic mass is 10.2. The Morgan fingerprint density at radius 1 is 0.919 bits per heavy atom. The zero-order chi connectivity index (χ0) is 25.9. The fourth-order valence-electron chi connectivity index (χ4n) is 4.74. The van der Waals surface area contributed by atoms with Gasteiger partial charge in [0.05, 0.1) is 23.9 Å². The quantitative estimate of drug-likeness (QED) is 0.396. The van der Waals surface area contributed by atoms with E-state index in [1.807, 2.05) is 52.9 Å². The predicted octanol–water partition coefficient (Wildman–Crippen LogP) is 3.94. The fraction of sp³-hybridized carbons (Fsp3) is 0.357. The van der Waals surface area contributed by atoms with Crippen LogP contribution in [0.4, 0.5) is 5.82 Å². The summed E-state index contributed by atoms with van der Waals surface area (Å²) in [5, 5.41) is 5.76. The summed E-state index contributed by atoms with van der Waals surface area (Å²) in [7, 11) is 3.26. The number of amides is 1. The average Bonchev–Trinajstić information content (AvgIpc) is 3.08. The summed E-state index contributed by atoms with van der Waals surface area (Å²) in [6.45, 7) is 7.08. The van der Waals surface area contributed by atoms with Gasteiger partial charge in [0.25, 0.3) is 5.91 Å². The monoisotopic (exact) mass is 500 g/mol. The molecule has 0 spiro atoms. The van der Waals surface area contributed by atoms with Gasteiger partial charge < -0.3 is 19.3 Å². The fourth-order valence-corrected chi connectivity index (χ4v) is 4.74. The number of hydrogen-bond donors (Lipinski definition) is 0. The lowest BCUT2D eigenvalue weighted by Crippen LogP contribution is -2.35. The van der Waals surface area contributed by atoms with Crippen molar-refractivity contribution < 1.29 is 14.3 Å². The van der Waals surface area contributed by atoms with Gasteiger partial charge in [-0.1, -0.05) is 17.7 Å². The third-order valence-electron chi connectivity index (χ3n) is 6.70. The third-order valence-corrected chi connectivity index (χ3v) is 6.70. The molecule has 192 valence electrons. The molecule has 0 aliphatic carbocycles. The zero-order valence-corrected chi connectivity index (χ0v) is 21.8. The van der Waals surface area contributed by atoms with E-state index >= 15 is 0 Å². The smallest absolute Gasteiger partial charge is 0.253 e. The van der Waals surface area contributed by atoms with Gasteiger partial charge in [-0.05, 0) is 56.7 Å². The van der Waals surface area contributed by atoms with Crippen LogP contribution < -0.4 is 9.64 Å². The predicted molar refractivity (Wildman–Crippen MR) is 143 cm³/mol. The summed E-state index contributed by atoms with van der Waals surface area (Å²) in [4.78, 5) is 27.1. The number of anilines is 1. The summed E-state index contributed by atoms with van der Waals surface area (Å²) in [5.41, 5.74) is 4.42. The second-order valence-corrected chi connectivity index (χ2v) is 9.29. The highest BCUT2D eigenvalue weighted by Crippen LogP contribution is 2.30. The van der Waals surface area contributed by atoms with Crippen LogP contribution in [0.25, 0.3) is 16.7 Å². The molecular weight excluding hydrogens is 468 g/mol. The molecule has 0 saturated carbocycles. The average molecular weight is 501 g/mol. The maximum absolute atomic E-state index is 13.2. The molecule has 1 aliphatic heterocycles. The highest BCUT2D eigenvalue weighted by atomic mass is 16.5. The molecule has 3 heterocycles. The minimum absolute atomic E-state index is 0.0285. The molecule has 9 heteroatoms. The number of hydrogen-bond acceptors (Lipinski definition) is 7. The number of fused-ring (bicyclic) bond motifs is 1. The van der Waals surface area contributed by atoms with Gasteiger partial charge in [-0.15, -0.1) is 0 Å². The summed E-state index contributed by atoms with van der Waals surface area (Å²) in [6.07, 6.45) is 0.831. The molecule has 2 aromatic carbocycles. The van der Waals surface area contributed by atoms with Crippen molar-refractivity contribution in [2.24, 2.45) is 0 Å². The molecule has 4 aromatic rings. The van der Waals surface area contributed by atoms with Crippen LogP contribution in [0, 0.1) is 13.8 Å². The van der Waals surface area contributed by atoms with E-state index < -0.39 is 0 Å². The number of methoxy groups -OCH3 is 2. The highest BCUT2D eigenvalue weighted by Gasteiger charge is 2.25. The van der Waals surface area contributed by atoms with Gasteiger partial charge in [0.1, 0.15) is 18.2 Å². The molecule has 0 radical (unpaired) electrons. The molecule has 1 saturated heterocycles. The Balaban J connectivity index is 1.47. The molecule has 0 unspecified atom stereocenters. The first-order chi connectivity index (χ1) is 18.0. The third kappa shape index (κ3) is 4.99. The molecule has 1 aliphatic rings. The van der Waals surface area contributed by atoms with Gasteiger partial charge in [-0.25, -0.2) is 14.6 Å². The Hall–Kier alpha value is -3.98. The van der Waals surface area contributed by atoms with E-state index in [9.17, 15) is 4.79 Å². The normalized spacial score (nSPS) is 14.2. The van der Waals surface area contributed by atoms with Gasteiger partial charge in [0.2, 0.25) is 0 Å². The molecule has 1 amide bonds. The van der Waals surface area contributed by atoms with E-state index in [0.29, 0.717) is 37.6 Å². The van der Waals surface area contributed by atoms with Crippen LogP contribution in [0.2, 0.25) is 0 Å². The molecule has 2 aromatic heterocycles. The van der Waals surface area contributed by atoms with Crippen LogP contribution in [0.3, 0.4) is 0 Å². The van der Waals surface area contributed by atoms with Crippen molar-refractivity contribution in [2.75, 3.05) is 45.3 Å². The van der Waals surface area contributed by atoms with Crippen LogP contribution in [-0.4, -0.2) is 71.0 Å². The van der Waals surface area contributed by atoms with Crippen molar-refractivity contribution in [3.8, 4) is 11.4 Å². The molecule has 5 rings (SSSR count). The molecule has 0 bridgehead atoms. The van der Waals surface area contributed by atoms with Gasteiger partial charge >= 0.3 is 0 Å². The molecular formula is C28H32N6O3. The summed E-state index contributed by atoms with van der Waals surface area (Å²) in [5.74, 6) is 2.21. The topological polar surface area (TPSA) is 85.6 Å². The number of nitrogens with zero attached hydrogens (tertiary/aromatic N) is 6. The van der Waals surface area contributed by atoms with Crippen LogP contribution >= 0.6 is 0 Å². The largest absolute Gasteiger partial charge is 0.497 e. The van der Waals surface area contributed by atoms with Crippen molar-refractivity contribution in [1.82, 2.24) is 24.6 Å². The SMILES string of the molecule is COCc1nc(N2CCCN(C(=O)c3ccc(OC)cc3)CC2)c2c(C)nn(-c3ccc(C)cc3)c2n1. The van der Waals surface area contributed by atoms with Crippen molar-refractivity contribution in [3.05, 3.63) is 71.2 Å². The number of ether oxygens (including phenoxy) is 2. The van der Waals surface area contributed by atoms with Gasteiger partial charge in [-0.2, -0.15) is 5.10 Å². The Bertz CT molecular complexity index is 1400. The number of carbonyl (C=O) groups is 1. The molecule has 37 heavy (non-hydrogen) atoms. The number of rotatable bonds is 6. The van der Waals surface area contributed by atoms with E-state index in [1.54, 1.807) is 14.2 Å². The standard InChI is InChI=1S/C28H32N6O3/c1-19-6-10-22(11-7-19)34-27-25(20(2)31-34)26(29-24(30-27)18-36-3)32-14-5-15-33(17-16-32)28(35)21-8-12-23(37-4)13-9-21/h6-13H,5,14-18H2,1-4H3. The number of aryl methyl sites for hydroxylation is 2. The van der Waals surface area contributed by atoms with Gasteiger partial charge in [0.15, 0.2) is 11.5 Å². The summed E-state index contributed by atoms with van der Waals surface area (Å²) < 4.78 is 12.5. The van der Waals surface area contributed by atoms with Crippen LogP contribution in [-0.2, 0) is 11.3 Å². The Labute approximate surface area is 216 Å². The lowest BCUT2D eigenvalue weighted by molar-refractivity contribution is 0.0767. The first-order valence-corrected chi connectivity index (χ1v) is 12.5. The summed E-state index contributed by atoms with van der Waals surface area (Å²) in [6, 6.07) is 15.5. The number of benzene rings is 2. The number of carbonyl (C=O) groups excluding carboxylic acids is 1. The van der Waals surface area contributed by atoms with Crippen molar-refractivity contribution >= 4 is 22.8 Å². The zero-order valence-electron chi connectivity index (χ0n) is 21.8. The summed E-state index contributed by atoms with van der Waals surface area (Å²) >= 11 is 0. The van der Waals surface area contributed by atoms with Crippen LogP contribution in [0.5, 0.6) is 5.75 Å². The van der Waals surface area contributed by atoms with Crippen LogP contribution in [0.15, 0.2) is 48.5 Å². The van der Waals surface area contributed by atoms with Crippen LogP contribution in [0.1, 0.15) is 33.9 Å². The molecule has 0 atom stereocenters. The first kappa shape index (κ1) is 24.7. The van der Waals surface area contributed by atoms with Gasteiger partial charge in [0, 0.05) is 38.9 Å². The molecule has 9 nitrogen and oxygen atoms in total. The maximum atomic E-state index is 13.2. The van der Waals surface area contributed by atoms with E-state index in [-0.39, 0.29) is 5.91 Å². The van der Waals surface area contributed by atoms with E-state index in [0.717, 1.165) is 46.9 Å². The van der Waals surface area contributed by atoms with Crippen molar-refractivity contribution in [1.29, 1.82) is 0 Å². The second kappa shape index (κ2) is 10.6.